The summed E-state index contributed by atoms with van der Waals surface area (Å²) in [6, 6.07) is 3.53. The third-order valence-electron chi connectivity index (χ3n) is 2.96. The number of rotatable bonds is 5. The molecule has 4 nitrogen and oxygen atoms in total. The number of imidazole rings is 1. The molecule has 2 rings (SSSR count). The first kappa shape index (κ1) is 14.2. The molecule has 0 amide bonds. The number of nitrogens with zero attached hydrogens (tertiary/aromatic N) is 2. The highest BCUT2D eigenvalue weighted by atomic mass is 35.5. The second-order valence-electron chi connectivity index (χ2n) is 4.29. The highest BCUT2D eigenvalue weighted by molar-refractivity contribution is 6.42. The molecule has 1 N–H and O–H groups in total. The van der Waals surface area contributed by atoms with Gasteiger partial charge < -0.3 is 9.67 Å². The van der Waals surface area contributed by atoms with E-state index in [9.17, 15) is 4.79 Å². The Morgan fingerprint density at radius 3 is 2.68 bits per heavy atom. The molecule has 0 saturated heterocycles. The van der Waals surface area contributed by atoms with E-state index in [4.69, 9.17) is 28.3 Å². The van der Waals surface area contributed by atoms with Gasteiger partial charge in [0.2, 0.25) is 0 Å². The zero-order chi connectivity index (χ0) is 14.0. The van der Waals surface area contributed by atoms with Gasteiger partial charge in [0.05, 0.1) is 21.1 Å². The Morgan fingerprint density at radius 1 is 1.37 bits per heavy atom. The maximum absolute atomic E-state index is 10.6. The average molecular weight is 301 g/mol. The van der Waals surface area contributed by atoms with Crippen molar-refractivity contribution in [2.24, 2.45) is 0 Å². The Hall–Kier alpha value is -1.26. The molecule has 1 aromatic carbocycles. The van der Waals surface area contributed by atoms with Gasteiger partial charge in [0.25, 0.3) is 0 Å². The summed E-state index contributed by atoms with van der Waals surface area (Å²) in [5.74, 6) is 0.127. The fourth-order valence-corrected chi connectivity index (χ4v) is 2.39. The first-order valence-electron chi connectivity index (χ1n) is 6.09. The number of fused-ring (bicyclic) bond motifs is 1. The molecular formula is C13H14Cl2N2O2. The minimum Gasteiger partial charge on any atom is -0.481 e. The van der Waals surface area contributed by atoms with Crippen LogP contribution in [0.3, 0.4) is 0 Å². The maximum atomic E-state index is 10.6. The molecule has 0 saturated carbocycles. The summed E-state index contributed by atoms with van der Waals surface area (Å²) in [5, 5.41) is 9.66. The molecule has 1 heterocycles. The van der Waals surface area contributed by atoms with Gasteiger partial charge in [-0.1, -0.05) is 30.1 Å². The van der Waals surface area contributed by atoms with Crippen LogP contribution in [0.1, 0.15) is 25.6 Å². The molecule has 2 aromatic rings. The predicted molar refractivity (Wildman–Crippen MR) is 76.0 cm³/mol. The van der Waals surface area contributed by atoms with Crippen molar-refractivity contribution in [2.45, 2.75) is 32.7 Å². The summed E-state index contributed by atoms with van der Waals surface area (Å²) < 4.78 is 2.01. The van der Waals surface area contributed by atoms with E-state index in [2.05, 4.69) is 4.98 Å². The summed E-state index contributed by atoms with van der Waals surface area (Å²) in [6.45, 7) is 2.63. The minimum absolute atomic E-state index is 0.143. The molecule has 0 aliphatic rings. The van der Waals surface area contributed by atoms with E-state index in [-0.39, 0.29) is 6.42 Å². The number of aryl methyl sites for hydroxylation is 2. The number of hydrogen-bond donors (Lipinski definition) is 1. The summed E-state index contributed by atoms with van der Waals surface area (Å²) in [6.07, 6.45) is 1.48. The van der Waals surface area contributed by atoms with Gasteiger partial charge in [-0.15, -0.1) is 0 Å². The van der Waals surface area contributed by atoms with Crippen LogP contribution in [-0.2, 0) is 17.8 Å². The number of aromatic nitrogens is 2. The van der Waals surface area contributed by atoms with E-state index >= 15 is 0 Å². The number of aliphatic carboxylic acids is 1. The van der Waals surface area contributed by atoms with Crippen molar-refractivity contribution in [3.63, 3.8) is 0 Å². The number of carbonyl (C=O) groups is 1. The SMILES string of the molecule is CCc1nc2cc(Cl)c(Cl)cc2n1CCCC(=O)O. The van der Waals surface area contributed by atoms with E-state index in [0.29, 0.717) is 23.0 Å². The Labute approximate surface area is 121 Å². The minimum atomic E-state index is -0.788. The quantitative estimate of drug-likeness (QED) is 0.914. The van der Waals surface area contributed by atoms with Gasteiger partial charge in [-0.2, -0.15) is 0 Å². The molecule has 0 fully saturated rings. The number of carboxylic acid groups (broad SMARTS) is 1. The molecular weight excluding hydrogens is 287 g/mol. The fourth-order valence-electron chi connectivity index (χ4n) is 2.08. The van der Waals surface area contributed by atoms with Crippen LogP contribution in [0.15, 0.2) is 12.1 Å². The molecule has 6 heteroatoms. The van der Waals surface area contributed by atoms with E-state index in [1.165, 1.54) is 0 Å². The van der Waals surface area contributed by atoms with Crippen LogP contribution in [-0.4, -0.2) is 20.6 Å². The topological polar surface area (TPSA) is 55.1 Å². The second-order valence-corrected chi connectivity index (χ2v) is 5.10. The largest absolute Gasteiger partial charge is 0.481 e. The lowest BCUT2D eigenvalue weighted by Crippen LogP contribution is -2.05. The van der Waals surface area contributed by atoms with E-state index < -0.39 is 5.97 Å². The first-order valence-corrected chi connectivity index (χ1v) is 6.84. The van der Waals surface area contributed by atoms with Crippen molar-refractivity contribution >= 4 is 40.2 Å². The number of halogens is 2. The Kier molecular flexibility index (Phi) is 4.32. The summed E-state index contributed by atoms with van der Waals surface area (Å²) in [7, 11) is 0. The summed E-state index contributed by atoms with van der Waals surface area (Å²) in [4.78, 5) is 15.1. The highest BCUT2D eigenvalue weighted by Crippen LogP contribution is 2.28. The zero-order valence-corrected chi connectivity index (χ0v) is 12.0. The molecule has 0 bridgehead atoms. The van der Waals surface area contributed by atoms with Crippen LogP contribution in [0.25, 0.3) is 11.0 Å². The van der Waals surface area contributed by atoms with Gasteiger partial charge in [0, 0.05) is 19.4 Å². The molecule has 0 radical (unpaired) electrons. The van der Waals surface area contributed by atoms with Gasteiger partial charge in [0.1, 0.15) is 5.82 Å². The molecule has 0 aliphatic carbocycles. The van der Waals surface area contributed by atoms with Crippen LogP contribution >= 0.6 is 23.2 Å². The zero-order valence-electron chi connectivity index (χ0n) is 10.5. The Bertz CT molecular complexity index is 623. The van der Waals surface area contributed by atoms with Crippen LogP contribution in [0.2, 0.25) is 10.0 Å². The molecule has 0 spiro atoms. The van der Waals surface area contributed by atoms with E-state index in [0.717, 1.165) is 23.3 Å². The lowest BCUT2D eigenvalue weighted by atomic mass is 10.3. The van der Waals surface area contributed by atoms with E-state index in [1.54, 1.807) is 12.1 Å². The lowest BCUT2D eigenvalue weighted by molar-refractivity contribution is -0.137. The molecule has 0 unspecified atom stereocenters. The molecule has 0 aliphatic heterocycles. The predicted octanol–water partition coefficient (Wildman–Crippen LogP) is 3.77. The van der Waals surface area contributed by atoms with Crippen molar-refractivity contribution in [2.75, 3.05) is 0 Å². The normalized spacial score (nSPS) is 11.1. The van der Waals surface area contributed by atoms with Crippen molar-refractivity contribution in [3.8, 4) is 0 Å². The van der Waals surface area contributed by atoms with Gasteiger partial charge in [0.15, 0.2) is 0 Å². The first-order chi connectivity index (χ1) is 9.02. The third kappa shape index (κ3) is 3.01. The maximum Gasteiger partial charge on any atom is 0.303 e. The standard InChI is InChI=1S/C13H14Cl2N2O2/c1-2-12-16-10-6-8(14)9(15)7-11(10)17(12)5-3-4-13(18)19/h6-7H,2-5H2,1H3,(H,18,19). The number of hydrogen-bond acceptors (Lipinski definition) is 2. The van der Waals surface area contributed by atoms with Crippen molar-refractivity contribution in [1.29, 1.82) is 0 Å². The van der Waals surface area contributed by atoms with Crippen molar-refractivity contribution < 1.29 is 9.90 Å². The van der Waals surface area contributed by atoms with Crippen molar-refractivity contribution in [1.82, 2.24) is 9.55 Å². The molecule has 19 heavy (non-hydrogen) atoms. The van der Waals surface area contributed by atoms with Gasteiger partial charge in [-0.3, -0.25) is 4.79 Å². The Balaban J connectivity index is 2.39. The van der Waals surface area contributed by atoms with Crippen LogP contribution in [0, 0.1) is 0 Å². The van der Waals surface area contributed by atoms with E-state index in [1.807, 2.05) is 11.5 Å². The smallest absolute Gasteiger partial charge is 0.303 e. The van der Waals surface area contributed by atoms with Gasteiger partial charge >= 0.3 is 5.97 Å². The monoisotopic (exact) mass is 300 g/mol. The summed E-state index contributed by atoms with van der Waals surface area (Å²) >= 11 is 12.0. The van der Waals surface area contributed by atoms with Crippen molar-refractivity contribution in [3.05, 3.63) is 28.0 Å². The summed E-state index contributed by atoms with van der Waals surface area (Å²) in [5.41, 5.74) is 1.69. The molecule has 102 valence electrons. The lowest BCUT2D eigenvalue weighted by Gasteiger charge is -2.07. The molecule has 0 atom stereocenters. The third-order valence-corrected chi connectivity index (χ3v) is 3.68. The number of benzene rings is 1. The Morgan fingerprint density at radius 2 is 2.05 bits per heavy atom. The second kappa shape index (κ2) is 5.80. The van der Waals surface area contributed by atoms with Gasteiger partial charge in [-0.25, -0.2) is 4.98 Å². The number of carboxylic acids is 1. The fraction of sp³-hybridized carbons (Fsp3) is 0.385. The molecule has 1 aromatic heterocycles. The van der Waals surface area contributed by atoms with Crippen LogP contribution in [0.4, 0.5) is 0 Å². The van der Waals surface area contributed by atoms with Crippen LogP contribution < -0.4 is 0 Å². The van der Waals surface area contributed by atoms with Crippen LogP contribution in [0.5, 0.6) is 0 Å². The average Bonchev–Trinajstić information content (AvgIpc) is 2.67. The highest BCUT2D eigenvalue weighted by Gasteiger charge is 2.12. The van der Waals surface area contributed by atoms with Gasteiger partial charge in [-0.05, 0) is 18.6 Å².